The van der Waals surface area contributed by atoms with Crippen molar-refractivity contribution in [2.75, 3.05) is 40.6 Å². The van der Waals surface area contributed by atoms with E-state index in [9.17, 15) is 75.3 Å². The number of aromatic hydroxyl groups is 1. The summed E-state index contributed by atoms with van der Waals surface area (Å²) in [5.41, 5.74) is 0.466. The molecule has 27 nitrogen and oxygen atoms in total. The van der Waals surface area contributed by atoms with Crippen molar-refractivity contribution >= 4 is 23.9 Å². The molecule has 418 valence electrons. The van der Waals surface area contributed by atoms with Crippen LogP contribution in [0.1, 0.15) is 32.3 Å². The van der Waals surface area contributed by atoms with Gasteiger partial charge in [0.05, 0.1) is 70.6 Å². The summed E-state index contributed by atoms with van der Waals surface area (Å²) in [6, 6.07) is 6.08. The van der Waals surface area contributed by atoms with Crippen LogP contribution in [-0.4, -0.2) is 225 Å². The van der Waals surface area contributed by atoms with Crippen LogP contribution in [0.2, 0.25) is 0 Å². The Morgan fingerprint density at radius 3 is 1.49 bits per heavy atom. The smallest absolute Gasteiger partial charge is 0.337 e. The van der Waals surface area contributed by atoms with Gasteiger partial charge in [0.25, 0.3) is 0 Å². The Bertz CT molecular complexity index is 2230. The summed E-state index contributed by atoms with van der Waals surface area (Å²) >= 11 is 0. The number of carbonyl (C=O) groups is 4. The summed E-state index contributed by atoms with van der Waals surface area (Å²) in [7, 11) is 2.14. The first-order valence-electron chi connectivity index (χ1n) is 23.7. The Balaban J connectivity index is 1.17. The average molecular weight is 1070 g/mol. The molecule has 3 saturated heterocycles. The van der Waals surface area contributed by atoms with Gasteiger partial charge in [-0.1, -0.05) is 24.3 Å². The second kappa shape index (κ2) is 26.7. The van der Waals surface area contributed by atoms with Crippen molar-refractivity contribution in [3.63, 3.8) is 0 Å². The maximum absolute atomic E-state index is 14.0. The third-order valence-corrected chi connectivity index (χ3v) is 13.1. The maximum atomic E-state index is 14.0. The predicted molar refractivity (Wildman–Crippen MR) is 243 cm³/mol. The zero-order valence-corrected chi connectivity index (χ0v) is 41.0. The molecule has 0 bridgehead atoms. The molecule has 11 N–H and O–H groups in total. The first-order chi connectivity index (χ1) is 35.8. The molecule has 5 aliphatic rings. The molecule has 0 saturated carbocycles. The van der Waals surface area contributed by atoms with E-state index in [2.05, 4.69) is 0 Å². The highest BCUT2D eigenvalue weighted by Gasteiger charge is 2.51. The standard InChI is InChI=1S/C48H64O27/c1-5-22-24(26(42(62)64-3)17-68-44(22)74-46-39(60)36(57)33(54)28(15-49)70-46)13-31(52)67-19-30-35(56)38(59)41(48(72-30)66-12-11-20-7-9-21(51)10-8-20)73-32(53)14-25-23(6-2)45(69-18-27(25)43(63)65-4)75-47-40(61)37(58)34(55)29(16-50)71-47/h5-10,17-18,24-25,28-30,33-41,44-51,54-61H,11-16,19H2,1-4H3/b22-5+,23-6+. The van der Waals surface area contributed by atoms with E-state index in [0.29, 0.717) is 5.56 Å². The van der Waals surface area contributed by atoms with Gasteiger partial charge in [0.15, 0.2) is 25.0 Å². The summed E-state index contributed by atoms with van der Waals surface area (Å²) in [5.74, 6) is -6.43. The van der Waals surface area contributed by atoms with Crippen molar-refractivity contribution in [1.29, 1.82) is 0 Å². The Morgan fingerprint density at radius 1 is 0.587 bits per heavy atom. The number of phenolic OH excluding ortho intramolecular Hbond substituents is 1. The number of aliphatic hydroxyl groups excluding tert-OH is 10. The van der Waals surface area contributed by atoms with Gasteiger partial charge in [0.2, 0.25) is 12.6 Å². The molecule has 0 spiro atoms. The number of phenols is 1. The second-order valence-electron chi connectivity index (χ2n) is 17.8. The third-order valence-electron chi connectivity index (χ3n) is 13.1. The minimum absolute atomic E-state index is 0.00290. The molecular formula is C48H64O27. The van der Waals surface area contributed by atoms with Crippen molar-refractivity contribution in [2.24, 2.45) is 11.8 Å². The number of aliphatic hydroxyl groups is 10. The Labute approximate surface area is 428 Å². The molecule has 0 aliphatic carbocycles. The van der Waals surface area contributed by atoms with Crippen LogP contribution in [0.4, 0.5) is 0 Å². The summed E-state index contributed by atoms with van der Waals surface area (Å²) in [4.78, 5) is 53.6. The molecule has 75 heavy (non-hydrogen) atoms. The van der Waals surface area contributed by atoms with Crippen molar-refractivity contribution in [3.8, 4) is 5.75 Å². The van der Waals surface area contributed by atoms with E-state index in [1.807, 2.05) is 0 Å². The van der Waals surface area contributed by atoms with Crippen LogP contribution in [0.3, 0.4) is 0 Å². The molecule has 0 amide bonds. The highest BCUT2D eigenvalue weighted by molar-refractivity contribution is 5.91. The van der Waals surface area contributed by atoms with Crippen molar-refractivity contribution in [1.82, 2.24) is 0 Å². The van der Waals surface area contributed by atoms with Gasteiger partial charge < -0.3 is 113 Å². The largest absolute Gasteiger partial charge is 0.508 e. The van der Waals surface area contributed by atoms with E-state index in [0.717, 1.165) is 26.7 Å². The number of hydrogen-bond acceptors (Lipinski definition) is 27. The zero-order valence-electron chi connectivity index (χ0n) is 41.0. The van der Waals surface area contributed by atoms with E-state index in [1.54, 1.807) is 12.1 Å². The number of ether oxygens (including phenoxy) is 12. The number of benzene rings is 1. The average Bonchev–Trinajstić information content (AvgIpc) is 3.40. The predicted octanol–water partition coefficient (Wildman–Crippen LogP) is -3.78. The zero-order chi connectivity index (χ0) is 54.8. The van der Waals surface area contributed by atoms with Crippen LogP contribution in [0.25, 0.3) is 0 Å². The molecule has 5 heterocycles. The molecule has 1 aromatic carbocycles. The molecule has 3 fully saturated rings. The highest BCUT2D eigenvalue weighted by Crippen LogP contribution is 2.39. The Kier molecular flexibility index (Phi) is 21.1. The Morgan fingerprint density at radius 2 is 1.04 bits per heavy atom. The monoisotopic (exact) mass is 1070 g/mol. The van der Waals surface area contributed by atoms with Crippen molar-refractivity contribution in [2.45, 2.75) is 138 Å². The van der Waals surface area contributed by atoms with Gasteiger partial charge in [-0.25, -0.2) is 9.59 Å². The van der Waals surface area contributed by atoms with E-state index < -0.39 is 173 Å². The van der Waals surface area contributed by atoms with E-state index in [4.69, 9.17) is 56.8 Å². The highest BCUT2D eigenvalue weighted by atomic mass is 16.8. The molecule has 19 atom stereocenters. The Hall–Kier alpha value is -5.18. The van der Waals surface area contributed by atoms with Crippen LogP contribution in [0, 0.1) is 11.8 Å². The molecule has 5 aliphatic heterocycles. The number of methoxy groups -OCH3 is 2. The van der Waals surface area contributed by atoms with Gasteiger partial charge in [0.1, 0.15) is 79.5 Å². The van der Waals surface area contributed by atoms with Crippen LogP contribution in [-0.2, 0) is 82.4 Å². The maximum Gasteiger partial charge on any atom is 0.337 e. The van der Waals surface area contributed by atoms with Gasteiger partial charge in [-0.3, -0.25) is 9.59 Å². The van der Waals surface area contributed by atoms with Crippen LogP contribution in [0.5, 0.6) is 5.75 Å². The lowest BCUT2D eigenvalue weighted by Gasteiger charge is -2.42. The number of allylic oxidation sites excluding steroid dienone is 2. The molecule has 27 heteroatoms. The summed E-state index contributed by atoms with van der Waals surface area (Å²) < 4.78 is 66.8. The molecular weight excluding hydrogens is 1010 g/mol. The topological polar surface area (TPSA) is 402 Å². The molecule has 0 radical (unpaired) electrons. The molecule has 1 aromatic rings. The second-order valence-corrected chi connectivity index (χ2v) is 17.8. The van der Waals surface area contributed by atoms with E-state index >= 15 is 0 Å². The van der Waals surface area contributed by atoms with E-state index in [-0.39, 0.29) is 41.1 Å². The third kappa shape index (κ3) is 13.7. The number of carbonyl (C=O) groups excluding carboxylic acids is 4. The summed E-state index contributed by atoms with van der Waals surface area (Å²) in [6.07, 6.45) is -25.2. The quantitative estimate of drug-likeness (QED) is 0.0360. The fraction of sp³-hybridized carbons (Fsp3) is 0.625. The van der Waals surface area contributed by atoms with Crippen LogP contribution >= 0.6 is 0 Å². The van der Waals surface area contributed by atoms with Crippen molar-refractivity contribution in [3.05, 3.63) is 76.8 Å². The van der Waals surface area contributed by atoms with Crippen LogP contribution in [0.15, 0.2) is 71.2 Å². The van der Waals surface area contributed by atoms with Crippen LogP contribution < -0.4 is 0 Å². The number of esters is 4. The van der Waals surface area contributed by atoms with Gasteiger partial charge in [-0.15, -0.1) is 0 Å². The minimum atomic E-state index is -2.00. The minimum Gasteiger partial charge on any atom is -0.508 e. The van der Waals surface area contributed by atoms with Gasteiger partial charge in [0, 0.05) is 23.0 Å². The van der Waals surface area contributed by atoms with Crippen molar-refractivity contribution < 1.29 is 132 Å². The summed E-state index contributed by atoms with van der Waals surface area (Å²) in [5, 5.41) is 114. The number of hydrogen-bond donors (Lipinski definition) is 11. The summed E-state index contributed by atoms with van der Waals surface area (Å²) in [6.45, 7) is 0.552. The van der Waals surface area contributed by atoms with Gasteiger partial charge in [-0.05, 0) is 38.0 Å². The molecule has 0 aromatic heterocycles. The van der Waals surface area contributed by atoms with Gasteiger partial charge >= 0.3 is 23.9 Å². The fourth-order valence-electron chi connectivity index (χ4n) is 8.88. The lowest BCUT2D eigenvalue weighted by molar-refractivity contribution is -0.327. The number of rotatable bonds is 19. The molecule has 6 rings (SSSR count). The normalized spacial score (nSPS) is 37.1. The van der Waals surface area contributed by atoms with Gasteiger partial charge in [-0.2, -0.15) is 0 Å². The van der Waals surface area contributed by atoms with E-state index in [1.165, 1.54) is 38.1 Å². The lowest BCUT2D eigenvalue weighted by atomic mass is 9.86. The first kappa shape index (κ1) is 59.1. The lowest BCUT2D eigenvalue weighted by Crippen LogP contribution is -2.61. The fourth-order valence-corrected chi connectivity index (χ4v) is 8.88. The first-order valence-corrected chi connectivity index (χ1v) is 23.7. The SMILES string of the molecule is C/C=C1/C(OC2OC(CO)C(O)C(O)C2O)OC=C(C(=O)OC)C1CC(=O)OCC1OC(OCCc2ccc(O)cc2)C(OC(=O)CC2C(C(=O)OC)=COC(OC3OC(CO)C(O)C(O)C3O)/C2=C/C)C(O)C1O. The molecule has 19 unspecified atom stereocenters.